The maximum absolute atomic E-state index is 13.6. The van der Waals surface area contributed by atoms with Gasteiger partial charge in [-0.2, -0.15) is 18.2 Å². The van der Waals surface area contributed by atoms with Gasteiger partial charge in [-0.15, -0.1) is 0 Å². The van der Waals surface area contributed by atoms with Gasteiger partial charge in [-0.25, -0.2) is 19.6 Å². The number of rotatable bonds is 15. The third-order valence-electron chi connectivity index (χ3n) is 7.39. The van der Waals surface area contributed by atoms with Gasteiger partial charge in [0.15, 0.2) is 17.0 Å². The number of hydrogen-bond acceptors (Lipinski definition) is 12. The number of esters is 1. The number of carboxylic acid groups (broad SMARTS) is 1. The van der Waals surface area contributed by atoms with E-state index in [2.05, 4.69) is 30.6 Å². The highest BCUT2D eigenvalue weighted by atomic mass is 19.4. The zero-order valence-corrected chi connectivity index (χ0v) is 28.1. The molecule has 0 aliphatic rings. The molecule has 3 amide bonds. The van der Waals surface area contributed by atoms with E-state index in [1.807, 2.05) is 6.92 Å². The van der Waals surface area contributed by atoms with Crippen molar-refractivity contribution in [3.05, 3.63) is 76.2 Å². The monoisotopic (exact) mass is 742 g/mol. The minimum absolute atomic E-state index is 0.0603. The maximum Gasteiger partial charge on any atom is 0.472 e. The van der Waals surface area contributed by atoms with Crippen molar-refractivity contribution in [2.24, 2.45) is 0 Å². The Morgan fingerprint density at radius 3 is 2.26 bits per heavy atom. The summed E-state index contributed by atoms with van der Waals surface area (Å²) in [7, 11) is 0. The van der Waals surface area contributed by atoms with E-state index in [1.165, 1.54) is 0 Å². The Balaban J connectivity index is 1.39. The molecule has 0 spiro atoms. The van der Waals surface area contributed by atoms with Crippen molar-refractivity contribution in [1.82, 2.24) is 30.6 Å². The lowest BCUT2D eigenvalue weighted by Crippen LogP contribution is -2.44. The molecule has 0 unspecified atom stereocenters. The van der Waals surface area contributed by atoms with Crippen LogP contribution < -0.4 is 31.6 Å². The predicted octanol–water partition coefficient (Wildman–Crippen LogP) is 2.52. The van der Waals surface area contributed by atoms with Gasteiger partial charge in [0.05, 0.1) is 18.5 Å². The number of carboxylic acids is 1. The molecule has 4 aromatic rings. The number of aliphatic carboxylic acids is 1. The molecule has 2 heterocycles. The third kappa shape index (κ3) is 10.2. The quantitative estimate of drug-likeness (QED) is 0.110. The van der Waals surface area contributed by atoms with Crippen LogP contribution in [0.25, 0.3) is 11.2 Å². The number of halogens is 3. The molecule has 0 saturated heterocycles. The Morgan fingerprint density at radius 2 is 1.66 bits per heavy atom. The first-order valence-corrected chi connectivity index (χ1v) is 15.9. The van der Waals surface area contributed by atoms with E-state index in [0.29, 0.717) is 17.9 Å². The number of fused-ring (bicyclic) bond motifs is 1. The predicted molar refractivity (Wildman–Crippen MR) is 180 cm³/mol. The Hall–Kier alpha value is -6.60. The summed E-state index contributed by atoms with van der Waals surface area (Å²) in [6.07, 6.45) is -5.29. The molecule has 53 heavy (non-hydrogen) atoms. The summed E-state index contributed by atoms with van der Waals surface area (Å²) >= 11 is 0. The van der Waals surface area contributed by atoms with Gasteiger partial charge in [-0.3, -0.25) is 29.1 Å². The summed E-state index contributed by atoms with van der Waals surface area (Å²) < 4.78 is 51.5. The topological polar surface area (TPSA) is 249 Å². The number of aromatic amines is 1. The number of nitrogens with zero attached hydrogens (tertiary/aromatic N) is 4. The van der Waals surface area contributed by atoms with E-state index >= 15 is 0 Å². The van der Waals surface area contributed by atoms with E-state index in [0.717, 1.165) is 30.5 Å². The second kappa shape index (κ2) is 17.1. The number of nitrogen functional groups attached to an aromatic ring is 1. The van der Waals surface area contributed by atoms with Crippen LogP contribution in [0.4, 0.5) is 30.6 Å². The number of amides is 3. The molecule has 2 aromatic carbocycles. The number of aromatic nitrogens is 4. The lowest BCUT2D eigenvalue weighted by atomic mass is 10.1. The molecule has 0 saturated carbocycles. The Labute approximate surface area is 297 Å². The number of hydrogen-bond donors (Lipinski definition) is 5. The van der Waals surface area contributed by atoms with Gasteiger partial charge in [0.2, 0.25) is 11.9 Å². The first kappa shape index (κ1) is 39.2. The van der Waals surface area contributed by atoms with Crippen molar-refractivity contribution in [2.45, 2.75) is 58.0 Å². The molecule has 280 valence electrons. The zero-order chi connectivity index (χ0) is 38.9. The largest absolute Gasteiger partial charge is 0.494 e. The summed E-state index contributed by atoms with van der Waals surface area (Å²) in [6.45, 7) is 3.91. The van der Waals surface area contributed by atoms with Gasteiger partial charge in [0, 0.05) is 12.0 Å². The number of carbonyl (C=O) groups excluding carboxylic acids is 4. The van der Waals surface area contributed by atoms with Crippen molar-refractivity contribution in [1.29, 1.82) is 0 Å². The molecule has 17 nitrogen and oxygen atoms in total. The van der Waals surface area contributed by atoms with Gasteiger partial charge < -0.3 is 30.9 Å². The fraction of sp³-hybridized carbons (Fsp3) is 0.303. The summed E-state index contributed by atoms with van der Waals surface area (Å²) in [6, 6.07) is 8.24. The van der Waals surface area contributed by atoms with Gasteiger partial charge in [-0.05, 0) is 61.7 Å². The zero-order valence-electron chi connectivity index (χ0n) is 28.1. The van der Waals surface area contributed by atoms with Crippen molar-refractivity contribution in [3.63, 3.8) is 0 Å². The molecule has 0 fully saturated rings. The summed E-state index contributed by atoms with van der Waals surface area (Å²) in [4.78, 5) is 88.2. The standard InChI is InChI=1S/C33H33F3N8O9/c1-3-21(30(50)53-16-17-5-11-20(12-6-17)52-4-2)39-24(45)14-13-22(29(48)49)40-27(46)18-7-9-19(10-8-18)44(31(51)33(34,35)36)23-15-38-25-26(41-23)42-32(37)43-28(25)47/h5-12,15,21-22H,3-4,13-14,16H2,1-2H3,(H,39,45)(H,40,46)(H,48,49)(H3,37,41,42,43,47)/t21-,22-/m1/s1. The molecule has 0 aliphatic carbocycles. The first-order valence-electron chi connectivity index (χ1n) is 15.9. The number of H-pyrrole nitrogens is 1. The third-order valence-corrected chi connectivity index (χ3v) is 7.39. The van der Waals surface area contributed by atoms with Crippen molar-refractivity contribution in [3.8, 4) is 5.75 Å². The average molecular weight is 743 g/mol. The fourth-order valence-electron chi connectivity index (χ4n) is 4.75. The van der Waals surface area contributed by atoms with Gasteiger partial charge in [0.25, 0.3) is 11.5 Å². The fourth-order valence-corrected chi connectivity index (χ4v) is 4.75. The number of anilines is 3. The first-order chi connectivity index (χ1) is 25.1. The van der Waals surface area contributed by atoms with E-state index in [4.69, 9.17) is 15.2 Å². The second-order valence-electron chi connectivity index (χ2n) is 11.2. The molecule has 4 rings (SSSR count). The number of benzene rings is 2. The van der Waals surface area contributed by atoms with Crippen LogP contribution in [-0.4, -0.2) is 79.6 Å². The van der Waals surface area contributed by atoms with Crippen LogP contribution in [0.2, 0.25) is 0 Å². The van der Waals surface area contributed by atoms with Crippen molar-refractivity contribution in [2.75, 3.05) is 17.2 Å². The van der Waals surface area contributed by atoms with Crippen LogP contribution >= 0.6 is 0 Å². The Bertz CT molecular complexity index is 2040. The lowest BCUT2D eigenvalue weighted by molar-refractivity contribution is -0.169. The Morgan fingerprint density at radius 1 is 0.981 bits per heavy atom. The number of ether oxygens (including phenoxy) is 2. The maximum atomic E-state index is 13.6. The number of nitrogens with one attached hydrogen (secondary N) is 3. The molecular formula is C33H33F3N8O9. The summed E-state index contributed by atoms with van der Waals surface area (Å²) in [5.41, 5.74) is 3.91. The highest BCUT2D eigenvalue weighted by molar-refractivity contribution is 6.04. The molecule has 2 aromatic heterocycles. The Kier molecular flexibility index (Phi) is 12.6. The van der Waals surface area contributed by atoms with E-state index in [9.17, 15) is 47.0 Å². The van der Waals surface area contributed by atoms with Crippen molar-refractivity contribution < 1.29 is 51.7 Å². The van der Waals surface area contributed by atoms with Crippen LogP contribution in [0.5, 0.6) is 5.75 Å². The van der Waals surface area contributed by atoms with E-state index in [-0.39, 0.29) is 29.0 Å². The molecule has 20 heteroatoms. The van der Waals surface area contributed by atoms with Gasteiger partial charge in [0.1, 0.15) is 24.4 Å². The van der Waals surface area contributed by atoms with Crippen LogP contribution in [0.3, 0.4) is 0 Å². The SMILES string of the molecule is CCOc1ccc(COC(=O)[C@@H](CC)NC(=O)CC[C@@H](NC(=O)c2ccc(N(C(=O)C(F)(F)F)c3cnc4c(=O)[nH]c(N)nc4n3)cc2)C(=O)O)cc1. The number of alkyl halides is 3. The molecule has 0 aliphatic heterocycles. The molecule has 0 bridgehead atoms. The molecule has 6 N–H and O–H groups in total. The minimum atomic E-state index is -5.40. The van der Waals surface area contributed by atoms with Gasteiger partial charge >= 0.3 is 24.0 Å². The van der Waals surface area contributed by atoms with E-state index < -0.39 is 89.4 Å². The number of nitrogens with two attached hydrogens (primary N) is 1. The molecule has 0 radical (unpaired) electrons. The lowest BCUT2D eigenvalue weighted by Gasteiger charge is -2.23. The van der Waals surface area contributed by atoms with E-state index in [1.54, 1.807) is 31.2 Å². The van der Waals surface area contributed by atoms with Crippen LogP contribution in [0.1, 0.15) is 49.0 Å². The highest BCUT2D eigenvalue weighted by Gasteiger charge is 2.44. The normalized spacial score (nSPS) is 12.3. The second-order valence-corrected chi connectivity index (χ2v) is 11.2. The summed E-state index contributed by atoms with van der Waals surface area (Å²) in [5.74, 6) is -6.67. The molecular weight excluding hydrogens is 709 g/mol. The highest BCUT2D eigenvalue weighted by Crippen LogP contribution is 2.30. The average Bonchev–Trinajstić information content (AvgIpc) is 3.11. The van der Waals surface area contributed by atoms with Crippen LogP contribution in [-0.2, 0) is 30.5 Å². The van der Waals surface area contributed by atoms with Gasteiger partial charge in [-0.1, -0.05) is 19.1 Å². The minimum Gasteiger partial charge on any atom is -0.494 e. The van der Waals surface area contributed by atoms with Crippen LogP contribution in [0.15, 0.2) is 59.5 Å². The number of carbonyl (C=O) groups is 5. The summed E-state index contributed by atoms with van der Waals surface area (Å²) in [5, 5.41) is 14.4. The smallest absolute Gasteiger partial charge is 0.472 e. The van der Waals surface area contributed by atoms with Crippen molar-refractivity contribution >= 4 is 58.3 Å². The van der Waals surface area contributed by atoms with Crippen LogP contribution in [0, 0.1) is 0 Å². The molecule has 2 atom stereocenters.